The molecule has 1 aromatic heterocycles. The van der Waals surface area contributed by atoms with Crippen LogP contribution in [0.15, 0.2) is 42.7 Å². The molecule has 3 amide bonds. The summed E-state index contributed by atoms with van der Waals surface area (Å²) in [4.78, 5) is 40.7. The number of carboxylic acids is 1. The number of nitrogens with one attached hydrogen (secondary N) is 3. The lowest BCUT2D eigenvalue weighted by molar-refractivity contribution is -0.143. The van der Waals surface area contributed by atoms with E-state index in [2.05, 4.69) is 20.9 Å². The number of amides is 3. The molecule has 0 aliphatic rings. The summed E-state index contributed by atoms with van der Waals surface area (Å²) >= 11 is 11.9. The van der Waals surface area contributed by atoms with Crippen molar-refractivity contribution in [3.05, 3.63) is 63.9 Å². The fourth-order valence-electron chi connectivity index (χ4n) is 2.77. The molecule has 0 aliphatic heterocycles. The second-order valence-electron chi connectivity index (χ2n) is 7.26. The van der Waals surface area contributed by atoms with Crippen molar-refractivity contribution in [3.8, 4) is 0 Å². The summed E-state index contributed by atoms with van der Waals surface area (Å²) in [5.41, 5.74) is 1.44. The van der Waals surface area contributed by atoms with Crippen LogP contribution in [0.2, 0.25) is 10.0 Å². The SMILES string of the molecule is CC(C)[C@H](NC(=O)[C@H](Cc1cccnc1)NC(=O)NCc1ccc(Cl)c(Cl)c1)C(=O)O. The van der Waals surface area contributed by atoms with Gasteiger partial charge in [0.25, 0.3) is 0 Å². The van der Waals surface area contributed by atoms with E-state index < -0.39 is 30.0 Å². The van der Waals surface area contributed by atoms with Crippen molar-refractivity contribution in [2.75, 3.05) is 0 Å². The zero-order valence-electron chi connectivity index (χ0n) is 17.1. The van der Waals surface area contributed by atoms with Crippen LogP contribution < -0.4 is 16.0 Å². The average molecular weight is 467 g/mol. The van der Waals surface area contributed by atoms with Crippen molar-refractivity contribution in [3.63, 3.8) is 0 Å². The van der Waals surface area contributed by atoms with Crippen LogP contribution in [0.25, 0.3) is 0 Å². The van der Waals surface area contributed by atoms with E-state index in [1.807, 2.05) is 0 Å². The first-order chi connectivity index (χ1) is 14.7. The van der Waals surface area contributed by atoms with Crippen molar-refractivity contribution in [1.82, 2.24) is 20.9 Å². The van der Waals surface area contributed by atoms with Gasteiger partial charge in [0.2, 0.25) is 5.91 Å². The maximum atomic E-state index is 12.8. The van der Waals surface area contributed by atoms with Crippen LogP contribution in [-0.4, -0.2) is 40.1 Å². The Bertz CT molecular complexity index is 925. The molecule has 2 rings (SSSR count). The summed E-state index contributed by atoms with van der Waals surface area (Å²) < 4.78 is 0. The maximum Gasteiger partial charge on any atom is 0.326 e. The third kappa shape index (κ3) is 7.73. The maximum absolute atomic E-state index is 12.8. The number of rotatable bonds is 9. The number of hydrogen-bond acceptors (Lipinski definition) is 4. The van der Waals surface area contributed by atoms with Gasteiger partial charge in [-0.15, -0.1) is 0 Å². The molecule has 0 radical (unpaired) electrons. The number of carbonyl (C=O) groups excluding carboxylic acids is 2. The third-order valence-electron chi connectivity index (χ3n) is 4.45. The highest BCUT2D eigenvalue weighted by molar-refractivity contribution is 6.42. The molecule has 1 aromatic carbocycles. The molecular weight excluding hydrogens is 443 g/mol. The lowest BCUT2D eigenvalue weighted by atomic mass is 10.0. The Balaban J connectivity index is 2.08. The molecular formula is C21H24Cl2N4O4. The highest BCUT2D eigenvalue weighted by atomic mass is 35.5. The van der Waals surface area contributed by atoms with Crippen LogP contribution in [0.5, 0.6) is 0 Å². The van der Waals surface area contributed by atoms with Gasteiger partial charge in [-0.05, 0) is 35.2 Å². The van der Waals surface area contributed by atoms with Crippen molar-refractivity contribution in [2.45, 2.75) is 38.9 Å². The van der Waals surface area contributed by atoms with Gasteiger partial charge in [-0.2, -0.15) is 0 Å². The Labute approximate surface area is 190 Å². The van der Waals surface area contributed by atoms with E-state index in [-0.39, 0.29) is 18.9 Å². The van der Waals surface area contributed by atoms with E-state index in [4.69, 9.17) is 23.2 Å². The fraction of sp³-hybridized carbons (Fsp3) is 0.333. The molecule has 0 fully saturated rings. The average Bonchev–Trinajstić information content (AvgIpc) is 2.72. The van der Waals surface area contributed by atoms with Crippen molar-refractivity contribution in [2.24, 2.45) is 5.92 Å². The van der Waals surface area contributed by atoms with Crippen molar-refractivity contribution < 1.29 is 19.5 Å². The zero-order valence-corrected chi connectivity index (χ0v) is 18.6. The molecule has 8 nitrogen and oxygen atoms in total. The van der Waals surface area contributed by atoms with Gasteiger partial charge < -0.3 is 21.1 Å². The summed E-state index contributed by atoms with van der Waals surface area (Å²) in [6.45, 7) is 3.53. The second kappa shape index (κ2) is 11.5. The van der Waals surface area contributed by atoms with E-state index in [1.54, 1.807) is 56.6 Å². The number of benzene rings is 1. The Morgan fingerprint density at radius 1 is 1.06 bits per heavy atom. The smallest absolute Gasteiger partial charge is 0.326 e. The molecule has 0 saturated carbocycles. The molecule has 0 unspecified atom stereocenters. The molecule has 1 heterocycles. The lowest BCUT2D eigenvalue weighted by Crippen LogP contribution is -2.55. The number of hydrogen-bond donors (Lipinski definition) is 4. The highest BCUT2D eigenvalue weighted by Gasteiger charge is 2.28. The fourth-order valence-corrected chi connectivity index (χ4v) is 3.09. The first kappa shape index (κ1) is 24.4. The van der Waals surface area contributed by atoms with Gasteiger partial charge in [0.15, 0.2) is 0 Å². The predicted octanol–water partition coefficient (Wildman–Crippen LogP) is 3.02. The van der Waals surface area contributed by atoms with E-state index in [1.165, 1.54) is 0 Å². The lowest BCUT2D eigenvalue weighted by Gasteiger charge is -2.23. The summed E-state index contributed by atoms with van der Waals surface area (Å²) in [7, 11) is 0. The van der Waals surface area contributed by atoms with Crippen LogP contribution in [0.4, 0.5) is 4.79 Å². The monoisotopic (exact) mass is 466 g/mol. The van der Waals surface area contributed by atoms with Gasteiger partial charge in [-0.3, -0.25) is 9.78 Å². The van der Waals surface area contributed by atoms with Crippen LogP contribution >= 0.6 is 23.2 Å². The van der Waals surface area contributed by atoms with Crippen LogP contribution in [0.1, 0.15) is 25.0 Å². The normalized spacial score (nSPS) is 12.7. The molecule has 0 bridgehead atoms. The number of urea groups is 1. The topological polar surface area (TPSA) is 120 Å². The number of aliphatic carboxylic acids is 1. The molecule has 2 aromatic rings. The number of carbonyl (C=O) groups is 3. The van der Waals surface area contributed by atoms with Gasteiger partial charge >= 0.3 is 12.0 Å². The molecule has 31 heavy (non-hydrogen) atoms. The Morgan fingerprint density at radius 2 is 1.81 bits per heavy atom. The van der Waals surface area contributed by atoms with Crippen molar-refractivity contribution in [1.29, 1.82) is 0 Å². The molecule has 0 aliphatic carbocycles. The minimum atomic E-state index is -1.15. The van der Waals surface area contributed by atoms with Gasteiger partial charge in [0, 0.05) is 25.4 Å². The molecule has 4 N–H and O–H groups in total. The van der Waals surface area contributed by atoms with Crippen LogP contribution in [-0.2, 0) is 22.6 Å². The van der Waals surface area contributed by atoms with Gasteiger partial charge in [0.05, 0.1) is 10.0 Å². The summed E-state index contributed by atoms with van der Waals surface area (Å²) in [6, 6.07) is 5.77. The second-order valence-corrected chi connectivity index (χ2v) is 8.08. The molecule has 166 valence electrons. The zero-order chi connectivity index (χ0) is 23.0. The van der Waals surface area contributed by atoms with Crippen LogP contribution in [0.3, 0.4) is 0 Å². The van der Waals surface area contributed by atoms with Crippen molar-refractivity contribution >= 4 is 41.1 Å². The first-order valence-electron chi connectivity index (χ1n) is 9.57. The van der Waals surface area contributed by atoms with E-state index in [0.717, 1.165) is 5.56 Å². The Morgan fingerprint density at radius 3 is 2.39 bits per heavy atom. The number of carboxylic acid groups (broad SMARTS) is 1. The molecule has 10 heteroatoms. The number of halogens is 2. The van der Waals surface area contributed by atoms with E-state index >= 15 is 0 Å². The van der Waals surface area contributed by atoms with Gasteiger partial charge in [0.1, 0.15) is 12.1 Å². The Kier molecular flexibility index (Phi) is 9.08. The predicted molar refractivity (Wildman–Crippen MR) is 118 cm³/mol. The largest absolute Gasteiger partial charge is 0.480 e. The number of pyridine rings is 1. The third-order valence-corrected chi connectivity index (χ3v) is 5.19. The number of aromatic nitrogens is 1. The minimum absolute atomic E-state index is 0.143. The van der Waals surface area contributed by atoms with Crippen LogP contribution in [0, 0.1) is 5.92 Å². The highest BCUT2D eigenvalue weighted by Crippen LogP contribution is 2.22. The molecule has 0 spiro atoms. The standard InChI is InChI=1S/C21H24Cl2N4O4/c1-12(2)18(20(29)30)27-19(28)17(9-13-4-3-7-24-10-13)26-21(31)25-11-14-5-6-15(22)16(23)8-14/h3-8,10,12,17-18H,9,11H2,1-2H3,(H,27,28)(H,29,30)(H2,25,26,31)/t17-,18-/m0/s1. The van der Waals surface area contributed by atoms with Gasteiger partial charge in [-0.25, -0.2) is 9.59 Å². The van der Waals surface area contributed by atoms with E-state index in [9.17, 15) is 19.5 Å². The van der Waals surface area contributed by atoms with Gasteiger partial charge in [-0.1, -0.05) is 49.2 Å². The molecule has 0 saturated heterocycles. The summed E-state index contributed by atoms with van der Waals surface area (Å²) in [5, 5.41) is 17.9. The van der Waals surface area contributed by atoms with E-state index in [0.29, 0.717) is 15.6 Å². The Hall–Kier alpha value is -2.84. The minimum Gasteiger partial charge on any atom is -0.480 e. The first-order valence-corrected chi connectivity index (χ1v) is 10.3. The summed E-state index contributed by atoms with van der Waals surface area (Å²) in [6.07, 6.45) is 3.31. The quantitative estimate of drug-likeness (QED) is 0.452. The summed E-state index contributed by atoms with van der Waals surface area (Å²) in [5.74, 6) is -2.08. The number of nitrogens with zero attached hydrogens (tertiary/aromatic N) is 1. The molecule has 2 atom stereocenters.